The molecule has 0 spiro atoms. The number of hydrogen-bond donors (Lipinski definition) is 1. The minimum absolute atomic E-state index is 0.0215. The van der Waals surface area contributed by atoms with Gasteiger partial charge in [0.05, 0.1) is 5.92 Å². The number of amides is 1. The number of aryl methyl sites for hydroxylation is 1. The second-order valence-electron chi connectivity index (χ2n) is 6.75. The van der Waals surface area contributed by atoms with Gasteiger partial charge in [-0.05, 0) is 49.8 Å². The third kappa shape index (κ3) is 3.97. The molecule has 0 radical (unpaired) electrons. The van der Waals surface area contributed by atoms with E-state index in [-0.39, 0.29) is 17.4 Å². The number of piperidine rings is 1. The van der Waals surface area contributed by atoms with E-state index in [2.05, 4.69) is 10.2 Å². The summed E-state index contributed by atoms with van der Waals surface area (Å²) < 4.78 is 1.58. The molecule has 0 unspecified atom stereocenters. The van der Waals surface area contributed by atoms with Crippen molar-refractivity contribution >= 4 is 5.91 Å². The van der Waals surface area contributed by atoms with Crippen molar-refractivity contribution in [3.8, 4) is 0 Å². The first-order chi connectivity index (χ1) is 10.6. The Morgan fingerprint density at radius 2 is 2.18 bits per heavy atom. The maximum absolute atomic E-state index is 12.2. The molecular weight excluding hydrogens is 278 g/mol. The van der Waals surface area contributed by atoms with Crippen molar-refractivity contribution < 1.29 is 4.79 Å². The van der Waals surface area contributed by atoms with E-state index < -0.39 is 0 Å². The summed E-state index contributed by atoms with van der Waals surface area (Å²) in [6, 6.07) is 3.68. The summed E-state index contributed by atoms with van der Waals surface area (Å²) in [5.74, 6) is 1.03. The number of hydrogen-bond acceptors (Lipinski definition) is 3. The number of rotatable bonds is 5. The van der Waals surface area contributed by atoms with Crippen molar-refractivity contribution in [3.05, 3.63) is 34.2 Å². The molecule has 2 aliphatic rings. The van der Waals surface area contributed by atoms with Crippen molar-refractivity contribution in [1.82, 2.24) is 14.8 Å². The van der Waals surface area contributed by atoms with Gasteiger partial charge in [-0.3, -0.25) is 14.5 Å². The van der Waals surface area contributed by atoms with Crippen molar-refractivity contribution in [1.29, 1.82) is 0 Å². The van der Waals surface area contributed by atoms with Crippen LogP contribution in [0.1, 0.15) is 31.2 Å². The van der Waals surface area contributed by atoms with Gasteiger partial charge in [-0.15, -0.1) is 0 Å². The molecule has 1 amide bonds. The molecule has 5 nitrogen and oxygen atoms in total. The number of aromatic nitrogens is 1. The van der Waals surface area contributed by atoms with Crippen molar-refractivity contribution in [3.63, 3.8) is 0 Å². The van der Waals surface area contributed by atoms with Gasteiger partial charge in [0, 0.05) is 38.9 Å². The molecule has 1 aromatic heterocycles. The molecule has 1 saturated carbocycles. The minimum Gasteiger partial charge on any atom is -0.356 e. The highest BCUT2D eigenvalue weighted by Gasteiger charge is 2.28. The van der Waals surface area contributed by atoms with Gasteiger partial charge in [0.1, 0.15) is 0 Å². The summed E-state index contributed by atoms with van der Waals surface area (Å²) >= 11 is 0. The number of carbonyl (C=O) groups excluding carboxylic acids is 1. The summed E-state index contributed by atoms with van der Waals surface area (Å²) in [5.41, 5.74) is 1.05. The number of carbonyl (C=O) groups is 1. The Bertz CT molecular complexity index is 592. The van der Waals surface area contributed by atoms with E-state index >= 15 is 0 Å². The summed E-state index contributed by atoms with van der Waals surface area (Å²) in [7, 11) is 1.76. The summed E-state index contributed by atoms with van der Waals surface area (Å²) in [5, 5.41) is 3.10. The van der Waals surface area contributed by atoms with Crippen LogP contribution in [-0.2, 0) is 18.4 Å². The van der Waals surface area contributed by atoms with Gasteiger partial charge in [0.25, 0.3) is 5.56 Å². The van der Waals surface area contributed by atoms with Crippen LogP contribution in [0, 0.1) is 11.8 Å². The lowest BCUT2D eigenvalue weighted by atomic mass is 9.96. The van der Waals surface area contributed by atoms with Crippen LogP contribution in [0.4, 0.5) is 0 Å². The largest absolute Gasteiger partial charge is 0.356 e. The zero-order valence-corrected chi connectivity index (χ0v) is 13.3. The normalized spacial score (nSPS) is 22.5. The Balaban J connectivity index is 1.54. The highest BCUT2D eigenvalue weighted by atomic mass is 16.2. The molecule has 120 valence electrons. The fourth-order valence-electron chi connectivity index (χ4n) is 3.07. The molecule has 22 heavy (non-hydrogen) atoms. The zero-order chi connectivity index (χ0) is 15.5. The van der Waals surface area contributed by atoms with Crippen LogP contribution in [0.2, 0.25) is 0 Å². The maximum atomic E-state index is 12.2. The predicted molar refractivity (Wildman–Crippen MR) is 85.4 cm³/mol. The van der Waals surface area contributed by atoms with Crippen molar-refractivity contribution in [2.45, 2.75) is 32.2 Å². The molecule has 5 heteroatoms. The molecule has 1 aliphatic heterocycles. The van der Waals surface area contributed by atoms with Crippen LogP contribution in [0.3, 0.4) is 0 Å². The average Bonchev–Trinajstić information content (AvgIpc) is 3.33. The van der Waals surface area contributed by atoms with E-state index in [0.717, 1.165) is 50.5 Å². The molecule has 1 N–H and O–H groups in total. The SMILES string of the molecule is Cn1ccc(CN2CCC[C@@H](C(=O)NCC3CC3)C2)cc1=O. The van der Waals surface area contributed by atoms with Gasteiger partial charge in [0.15, 0.2) is 0 Å². The quantitative estimate of drug-likeness (QED) is 0.887. The standard InChI is InChI=1S/C17H25N3O2/c1-19-8-6-14(9-16(19)21)11-20-7-2-3-15(12-20)17(22)18-10-13-4-5-13/h6,8-9,13,15H,2-5,7,10-12H2,1H3,(H,18,22)/t15-/m1/s1. The Labute approximate surface area is 131 Å². The smallest absolute Gasteiger partial charge is 0.250 e. The van der Waals surface area contributed by atoms with Crippen molar-refractivity contribution in [2.75, 3.05) is 19.6 Å². The third-order valence-corrected chi connectivity index (χ3v) is 4.71. The fourth-order valence-corrected chi connectivity index (χ4v) is 3.07. The predicted octanol–water partition coefficient (Wildman–Crippen LogP) is 1.12. The lowest BCUT2D eigenvalue weighted by Crippen LogP contribution is -2.43. The van der Waals surface area contributed by atoms with Crippen LogP contribution >= 0.6 is 0 Å². The van der Waals surface area contributed by atoms with Gasteiger partial charge in [-0.25, -0.2) is 0 Å². The summed E-state index contributed by atoms with van der Waals surface area (Å²) in [4.78, 5) is 26.2. The summed E-state index contributed by atoms with van der Waals surface area (Å²) in [6.45, 7) is 3.40. The molecule has 2 heterocycles. The highest BCUT2D eigenvalue weighted by Crippen LogP contribution is 2.28. The van der Waals surface area contributed by atoms with Gasteiger partial charge in [-0.2, -0.15) is 0 Å². The van der Waals surface area contributed by atoms with Crippen LogP contribution < -0.4 is 10.9 Å². The third-order valence-electron chi connectivity index (χ3n) is 4.71. The van der Waals surface area contributed by atoms with E-state index in [1.807, 2.05) is 6.07 Å². The van der Waals surface area contributed by atoms with E-state index in [1.165, 1.54) is 12.8 Å². The Kier molecular flexibility index (Phi) is 4.62. The molecule has 1 aliphatic carbocycles. The van der Waals surface area contributed by atoms with E-state index in [4.69, 9.17) is 0 Å². The van der Waals surface area contributed by atoms with E-state index in [0.29, 0.717) is 0 Å². The van der Waals surface area contributed by atoms with Gasteiger partial charge in [0.2, 0.25) is 5.91 Å². The number of nitrogens with zero attached hydrogens (tertiary/aromatic N) is 2. The lowest BCUT2D eigenvalue weighted by molar-refractivity contribution is -0.126. The van der Waals surface area contributed by atoms with Gasteiger partial charge >= 0.3 is 0 Å². The Morgan fingerprint density at radius 3 is 2.91 bits per heavy atom. The molecular formula is C17H25N3O2. The number of pyridine rings is 1. The highest BCUT2D eigenvalue weighted by molar-refractivity contribution is 5.79. The first-order valence-corrected chi connectivity index (χ1v) is 8.27. The van der Waals surface area contributed by atoms with Crippen LogP contribution in [0.25, 0.3) is 0 Å². The van der Waals surface area contributed by atoms with Crippen molar-refractivity contribution in [2.24, 2.45) is 18.9 Å². The Hall–Kier alpha value is -1.62. The van der Waals surface area contributed by atoms with E-state index in [1.54, 1.807) is 23.9 Å². The zero-order valence-electron chi connectivity index (χ0n) is 13.3. The molecule has 2 fully saturated rings. The van der Waals surface area contributed by atoms with Crippen LogP contribution in [0.15, 0.2) is 23.1 Å². The fraction of sp³-hybridized carbons (Fsp3) is 0.647. The second kappa shape index (κ2) is 6.65. The summed E-state index contributed by atoms with van der Waals surface area (Å²) in [6.07, 6.45) is 6.36. The molecule has 1 aromatic rings. The Morgan fingerprint density at radius 1 is 1.36 bits per heavy atom. The monoisotopic (exact) mass is 303 g/mol. The van der Waals surface area contributed by atoms with Crippen LogP contribution in [-0.4, -0.2) is 35.0 Å². The minimum atomic E-state index is 0.0215. The average molecular weight is 303 g/mol. The first kappa shape index (κ1) is 15.3. The number of likely N-dealkylation sites (tertiary alicyclic amines) is 1. The molecule has 0 aromatic carbocycles. The maximum Gasteiger partial charge on any atom is 0.250 e. The molecule has 1 saturated heterocycles. The van der Waals surface area contributed by atoms with Gasteiger partial charge in [-0.1, -0.05) is 0 Å². The molecule has 3 rings (SSSR count). The van der Waals surface area contributed by atoms with E-state index in [9.17, 15) is 9.59 Å². The molecule has 0 bridgehead atoms. The second-order valence-corrected chi connectivity index (χ2v) is 6.75. The van der Waals surface area contributed by atoms with Gasteiger partial charge < -0.3 is 9.88 Å². The topological polar surface area (TPSA) is 54.3 Å². The first-order valence-electron chi connectivity index (χ1n) is 8.27. The number of nitrogens with one attached hydrogen (secondary N) is 1. The van der Waals surface area contributed by atoms with Crippen LogP contribution in [0.5, 0.6) is 0 Å². The molecule has 1 atom stereocenters. The lowest BCUT2D eigenvalue weighted by Gasteiger charge is -2.32.